The standard InChI is InChI=1S/C15H20N2O4/c1-21-15(20)13(9-10-4-6-11(18)7-5-10)17-14(19)12-3-2-8-16-12/h4-7,12-13,16,18H,2-3,8-9H2,1H3,(H,17,19)/t12-,13-/m0/s1. The van der Waals surface area contributed by atoms with E-state index in [4.69, 9.17) is 4.74 Å². The van der Waals surface area contributed by atoms with Crippen LogP contribution < -0.4 is 10.6 Å². The molecule has 21 heavy (non-hydrogen) atoms. The first kappa shape index (κ1) is 15.3. The molecule has 0 aliphatic carbocycles. The lowest BCUT2D eigenvalue weighted by atomic mass is 10.1. The molecule has 6 nitrogen and oxygen atoms in total. The Morgan fingerprint density at radius 2 is 2.14 bits per heavy atom. The lowest BCUT2D eigenvalue weighted by Crippen LogP contribution is -2.49. The van der Waals surface area contributed by atoms with Crippen LogP contribution in [0.15, 0.2) is 24.3 Å². The quantitative estimate of drug-likeness (QED) is 0.681. The first-order valence-electron chi connectivity index (χ1n) is 6.99. The number of nitrogens with one attached hydrogen (secondary N) is 2. The minimum atomic E-state index is -0.727. The Morgan fingerprint density at radius 1 is 1.43 bits per heavy atom. The van der Waals surface area contributed by atoms with Gasteiger partial charge in [-0.3, -0.25) is 4.79 Å². The molecule has 2 atom stereocenters. The number of hydrogen-bond acceptors (Lipinski definition) is 5. The molecule has 6 heteroatoms. The molecule has 114 valence electrons. The predicted molar refractivity (Wildman–Crippen MR) is 76.8 cm³/mol. The van der Waals surface area contributed by atoms with Gasteiger partial charge < -0.3 is 20.5 Å². The Hall–Kier alpha value is -2.08. The number of ether oxygens (including phenoxy) is 1. The summed E-state index contributed by atoms with van der Waals surface area (Å²) in [5, 5.41) is 15.1. The van der Waals surface area contributed by atoms with Gasteiger partial charge >= 0.3 is 5.97 Å². The first-order chi connectivity index (χ1) is 10.1. The van der Waals surface area contributed by atoms with Crippen molar-refractivity contribution in [3.05, 3.63) is 29.8 Å². The van der Waals surface area contributed by atoms with E-state index in [1.165, 1.54) is 7.11 Å². The van der Waals surface area contributed by atoms with Gasteiger partial charge in [0.15, 0.2) is 0 Å². The van der Waals surface area contributed by atoms with Gasteiger partial charge in [-0.2, -0.15) is 0 Å². The van der Waals surface area contributed by atoms with E-state index in [1.807, 2.05) is 0 Å². The van der Waals surface area contributed by atoms with Gasteiger partial charge in [-0.1, -0.05) is 12.1 Å². The maximum atomic E-state index is 12.1. The van der Waals surface area contributed by atoms with Crippen molar-refractivity contribution in [3.63, 3.8) is 0 Å². The number of esters is 1. The van der Waals surface area contributed by atoms with E-state index in [9.17, 15) is 14.7 Å². The van der Waals surface area contributed by atoms with Crippen LogP contribution in [-0.4, -0.2) is 42.7 Å². The van der Waals surface area contributed by atoms with E-state index in [1.54, 1.807) is 24.3 Å². The normalized spacial score (nSPS) is 19.0. The second-order valence-electron chi connectivity index (χ2n) is 5.10. The maximum Gasteiger partial charge on any atom is 0.328 e. The summed E-state index contributed by atoms with van der Waals surface area (Å²) in [6.45, 7) is 0.818. The highest BCUT2D eigenvalue weighted by atomic mass is 16.5. The maximum absolute atomic E-state index is 12.1. The van der Waals surface area contributed by atoms with Crippen LogP contribution in [0.3, 0.4) is 0 Å². The Bertz CT molecular complexity index is 495. The Labute approximate surface area is 123 Å². The summed E-state index contributed by atoms with van der Waals surface area (Å²) >= 11 is 0. The summed E-state index contributed by atoms with van der Waals surface area (Å²) in [5.41, 5.74) is 0.836. The lowest BCUT2D eigenvalue weighted by molar-refractivity contribution is -0.145. The molecule has 0 aromatic heterocycles. The van der Waals surface area contributed by atoms with Gasteiger partial charge in [-0.15, -0.1) is 0 Å². The fraction of sp³-hybridized carbons (Fsp3) is 0.467. The summed E-state index contributed by atoms with van der Waals surface area (Å²) < 4.78 is 4.75. The number of amides is 1. The molecule has 0 radical (unpaired) electrons. The van der Waals surface area contributed by atoms with Crippen molar-refractivity contribution in [3.8, 4) is 5.75 Å². The van der Waals surface area contributed by atoms with E-state index in [2.05, 4.69) is 10.6 Å². The van der Waals surface area contributed by atoms with Crippen LogP contribution in [0.1, 0.15) is 18.4 Å². The molecule has 0 spiro atoms. The molecule has 1 heterocycles. The van der Waals surface area contributed by atoms with E-state index in [0.717, 1.165) is 24.9 Å². The molecule has 1 aliphatic heterocycles. The van der Waals surface area contributed by atoms with Gasteiger partial charge in [0.05, 0.1) is 13.2 Å². The zero-order valence-corrected chi connectivity index (χ0v) is 12.0. The van der Waals surface area contributed by atoms with Crippen molar-refractivity contribution in [1.82, 2.24) is 10.6 Å². The molecule has 2 rings (SSSR count). The molecule has 3 N–H and O–H groups in total. The topological polar surface area (TPSA) is 87.7 Å². The largest absolute Gasteiger partial charge is 0.508 e. The van der Waals surface area contributed by atoms with Crippen molar-refractivity contribution >= 4 is 11.9 Å². The average molecular weight is 292 g/mol. The van der Waals surface area contributed by atoms with E-state index < -0.39 is 12.0 Å². The minimum Gasteiger partial charge on any atom is -0.508 e. The molecule has 1 saturated heterocycles. The number of methoxy groups -OCH3 is 1. The summed E-state index contributed by atoms with van der Waals surface area (Å²) in [6, 6.07) is 5.55. The van der Waals surface area contributed by atoms with Crippen molar-refractivity contribution < 1.29 is 19.4 Å². The molecular formula is C15H20N2O4. The van der Waals surface area contributed by atoms with Crippen LogP contribution in [-0.2, 0) is 20.7 Å². The van der Waals surface area contributed by atoms with E-state index in [-0.39, 0.29) is 17.7 Å². The summed E-state index contributed by atoms with van der Waals surface area (Å²) in [5.74, 6) is -0.497. The second-order valence-corrected chi connectivity index (χ2v) is 5.10. The highest BCUT2D eigenvalue weighted by Crippen LogP contribution is 2.12. The van der Waals surface area contributed by atoms with Gasteiger partial charge in [0, 0.05) is 6.42 Å². The van der Waals surface area contributed by atoms with Crippen LogP contribution in [0.2, 0.25) is 0 Å². The molecular weight excluding hydrogens is 272 g/mol. The van der Waals surface area contributed by atoms with Crippen molar-refractivity contribution in [2.24, 2.45) is 0 Å². The van der Waals surface area contributed by atoms with Gasteiger partial charge in [0.25, 0.3) is 0 Å². The smallest absolute Gasteiger partial charge is 0.328 e. The zero-order valence-electron chi connectivity index (χ0n) is 12.0. The minimum absolute atomic E-state index is 0.160. The molecule has 1 aromatic rings. The second kappa shape index (κ2) is 7.08. The van der Waals surface area contributed by atoms with Crippen LogP contribution in [0.25, 0.3) is 0 Å². The lowest BCUT2D eigenvalue weighted by Gasteiger charge is -2.19. The predicted octanol–water partition coefficient (Wildman–Crippen LogP) is 0.344. The Balaban J connectivity index is 2.01. The average Bonchev–Trinajstić information content (AvgIpc) is 3.02. The van der Waals surface area contributed by atoms with Crippen LogP contribution in [0, 0.1) is 0 Å². The number of phenols is 1. The number of carbonyl (C=O) groups excluding carboxylic acids is 2. The van der Waals surface area contributed by atoms with Gasteiger partial charge in [0.1, 0.15) is 11.8 Å². The number of phenolic OH excluding ortho intramolecular Hbond substituents is 1. The van der Waals surface area contributed by atoms with Gasteiger partial charge in [0.2, 0.25) is 5.91 Å². The molecule has 1 aromatic carbocycles. The zero-order chi connectivity index (χ0) is 15.2. The molecule has 0 bridgehead atoms. The monoisotopic (exact) mass is 292 g/mol. The molecule has 0 saturated carbocycles. The van der Waals surface area contributed by atoms with E-state index in [0.29, 0.717) is 6.42 Å². The van der Waals surface area contributed by atoms with Gasteiger partial charge in [-0.25, -0.2) is 4.79 Å². The van der Waals surface area contributed by atoms with Crippen molar-refractivity contribution in [2.75, 3.05) is 13.7 Å². The number of carbonyl (C=O) groups is 2. The Kier molecular flexibility index (Phi) is 5.16. The first-order valence-corrected chi connectivity index (χ1v) is 6.99. The van der Waals surface area contributed by atoms with Crippen molar-refractivity contribution in [1.29, 1.82) is 0 Å². The summed E-state index contributed by atoms with van der Waals surface area (Å²) in [4.78, 5) is 23.9. The molecule has 1 aliphatic rings. The fourth-order valence-electron chi connectivity index (χ4n) is 2.38. The van der Waals surface area contributed by atoms with Crippen LogP contribution >= 0.6 is 0 Å². The highest BCUT2D eigenvalue weighted by Gasteiger charge is 2.27. The SMILES string of the molecule is COC(=O)[C@H](Cc1ccc(O)cc1)NC(=O)[C@@H]1CCCN1. The number of aromatic hydroxyl groups is 1. The highest BCUT2D eigenvalue weighted by molar-refractivity contribution is 5.87. The Morgan fingerprint density at radius 3 is 2.71 bits per heavy atom. The molecule has 0 unspecified atom stereocenters. The number of benzene rings is 1. The summed E-state index contributed by atoms with van der Waals surface area (Å²) in [6.07, 6.45) is 2.06. The third-order valence-corrected chi connectivity index (χ3v) is 3.56. The third-order valence-electron chi connectivity index (χ3n) is 3.56. The van der Waals surface area contributed by atoms with Crippen LogP contribution in [0.5, 0.6) is 5.75 Å². The molecule has 1 fully saturated rings. The fourth-order valence-corrected chi connectivity index (χ4v) is 2.38. The van der Waals surface area contributed by atoms with E-state index >= 15 is 0 Å². The van der Waals surface area contributed by atoms with Crippen LogP contribution in [0.4, 0.5) is 0 Å². The summed E-state index contributed by atoms with van der Waals surface area (Å²) in [7, 11) is 1.30. The third kappa shape index (κ3) is 4.19. The van der Waals surface area contributed by atoms with Gasteiger partial charge in [-0.05, 0) is 37.1 Å². The number of hydrogen-bond donors (Lipinski definition) is 3. The van der Waals surface area contributed by atoms with Crippen molar-refractivity contribution in [2.45, 2.75) is 31.3 Å². The number of rotatable bonds is 5. The molecule has 1 amide bonds.